The molecular weight excluding hydrogens is 390 g/mol. The molecule has 1 aliphatic heterocycles. The maximum Gasteiger partial charge on any atom is 0.253 e. The molecule has 3 rings (SSSR count). The fourth-order valence-electron chi connectivity index (χ4n) is 3.08. The maximum atomic E-state index is 12.5. The Kier molecular flexibility index (Phi) is 6.22. The van der Waals surface area contributed by atoms with E-state index < -0.39 is 21.9 Å². The number of thioether (sulfide) groups is 1. The molecule has 2 aromatic rings. The fraction of sp³-hybridized carbons (Fsp3) is 0.333. The SMILES string of the molecule is CC[C@@H](Cc1ccccc1)Nc1c(NC2=CSC(C(=O)N(C)C)C2=O)c(=O)c1=O. The van der Waals surface area contributed by atoms with E-state index in [4.69, 9.17) is 0 Å². The van der Waals surface area contributed by atoms with Crippen molar-refractivity contribution in [1.29, 1.82) is 0 Å². The van der Waals surface area contributed by atoms with Crippen LogP contribution in [0.3, 0.4) is 0 Å². The third kappa shape index (κ3) is 4.27. The highest BCUT2D eigenvalue weighted by molar-refractivity contribution is 8.04. The van der Waals surface area contributed by atoms with Gasteiger partial charge in [-0.1, -0.05) is 37.3 Å². The van der Waals surface area contributed by atoms with Crippen LogP contribution in [-0.2, 0) is 16.0 Å². The van der Waals surface area contributed by atoms with Gasteiger partial charge in [0.2, 0.25) is 11.7 Å². The molecule has 1 heterocycles. The summed E-state index contributed by atoms with van der Waals surface area (Å²) in [6, 6.07) is 9.82. The number of carbonyl (C=O) groups is 2. The van der Waals surface area contributed by atoms with E-state index in [1.165, 1.54) is 10.3 Å². The Morgan fingerprint density at radius 1 is 1.10 bits per heavy atom. The topological polar surface area (TPSA) is 95.6 Å². The molecule has 1 unspecified atom stereocenters. The van der Waals surface area contributed by atoms with Crippen molar-refractivity contribution >= 4 is 34.8 Å². The number of hydrogen-bond donors (Lipinski definition) is 2. The van der Waals surface area contributed by atoms with Gasteiger partial charge in [-0.15, -0.1) is 11.8 Å². The van der Waals surface area contributed by atoms with Crippen molar-refractivity contribution in [3.8, 4) is 0 Å². The number of rotatable bonds is 8. The van der Waals surface area contributed by atoms with Gasteiger partial charge < -0.3 is 15.5 Å². The predicted octanol–water partition coefficient (Wildman–Crippen LogP) is 1.74. The molecule has 8 heteroatoms. The number of anilines is 2. The molecule has 2 atom stereocenters. The number of carbonyl (C=O) groups excluding carboxylic acids is 2. The van der Waals surface area contributed by atoms with E-state index in [-0.39, 0.29) is 29.0 Å². The molecule has 152 valence electrons. The zero-order valence-corrected chi connectivity index (χ0v) is 17.3. The van der Waals surface area contributed by atoms with Crippen LogP contribution in [0.15, 0.2) is 51.0 Å². The number of amides is 1. The third-order valence-electron chi connectivity index (χ3n) is 4.83. The van der Waals surface area contributed by atoms with Crippen molar-refractivity contribution in [2.24, 2.45) is 0 Å². The molecule has 0 aliphatic carbocycles. The van der Waals surface area contributed by atoms with Crippen molar-refractivity contribution in [1.82, 2.24) is 4.90 Å². The number of Topliss-reactive ketones (excluding diaryl/α,β-unsaturated/α-hetero) is 1. The lowest BCUT2D eigenvalue weighted by molar-refractivity contribution is -0.131. The molecule has 0 fully saturated rings. The van der Waals surface area contributed by atoms with Gasteiger partial charge in [-0.05, 0) is 23.8 Å². The summed E-state index contributed by atoms with van der Waals surface area (Å²) in [7, 11) is 3.16. The normalized spacial score (nSPS) is 17.1. The van der Waals surface area contributed by atoms with Gasteiger partial charge in [0.15, 0.2) is 5.25 Å². The Bertz CT molecular complexity index is 1020. The average molecular weight is 413 g/mol. The molecule has 2 aromatic carbocycles. The summed E-state index contributed by atoms with van der Waals surface area (Å²) in [5.41, 5.74) is 0.289. The van der Waals surface area contributed by atoms with E-state index in [1.54, 1.807) is 14.1 Å². The zero-order chi connectivity index (χ0) is 21.1. The molecule has 0 saturated heterocycles. The summed E-state index contributed by atoms with van der Waals surface area (Å²) in [6.07, 6.45) is 1.45. The van der Waals surface area contributed by atoms with Crippen molar-refractivity contribution < 1.29 is 9.59 Å². The summed E-state index contributed by atoms with van der Waals surface area (Å²) < 4.78 is 0. The predicted molar refractivity (Wildman–Crippen MR) is 116 cm³/mol. The quantitative estimate of drug-likeness (QED) is 0.503. The Morgan fingerprint density at radius 3 is 2.38 bits per heavy atom. The van der Waals surface area contributed by atoms with Gasteiger partial charge in [-0.2, -0.15) is 0 Å². The first-order valence-electron chi connectivity index (χ1n) is 9.35. The highest BCUT2D eigenvalue weighted by Gasteiger charge is 2.36. The zero-order valence-electron chi connectivity index (χ0n) is 16.5. The minimum absolute atomic E-state index is 0.0352. The number of hydrogen-bond acceptors (Lipinski definition) is 7. The molecule has 0 spiro atoms. The Morgan fingerprint density at radius 2 is 1.76 bits per heavy atom. The van der Waals surface area contributed by atoms with E-state index in [9.17, 15) is 19.2 Å². The van der Waals surface area contributed by atoms with Crippen molar-refractivity contribution in [3.63, 3.8) is 0 Å². The van der Waals surface area contributed by atoms with Gasteiger partial charge in [0.25, 0.3) is 10.9 Å². The van der Waals surface area contributed by atoms with E-state index >= 15 is 0 Å². The van der Waals surface area contributed by atoms with E-state index in [1.807, 2.05) is 37.3 Å². The molecule has 0 radical (unpaired) electrons. The lowest BCUT2D eigenvalue weighted by Gasteiger charge is -2.22. The van der Waals surface area contributed by atoms with Crippen LogP contribution in [0.4, 0.5) is 11.4 Å². The second-order valence-corrected chi connectivity index (χ2v) is 8.10. The van der Waals surface area contributed by atoms with Gasteiger partial charge in [0.05, 0.1) is 5.70 Å². The van der Waals surface area contributed by atoms with Crippen LogP contribution in [0.5, 0.6) is 0 Å². The highest BCUT2D eigenvalue weighted by Crippen LogP contribution is 2.30. The van der Waals surface area contributed by atoms with Crippen LogP contribution in [0.2, 0.25) is 0 Å². The minimum Gasteiger partial charge on any atom is -0.377 e. The molecule has 29 heavy (non-hydrogen) atoms. The number of allylic oxidation sites excluding steroid dienone is 1. The van der Waals surface area contributed by atoms with Gasteiger partial charge in [-0.25, -0.2) is 0 Å². The lowest BCUT2D eigenvalue weighted by atomic mass is 10.0. The summed E-state index contributed by atoms with van der Waals surface area (Å²) >= 11 is 1.09. The van der Waals surface area contributed by atoms with E-state index in [0.29, 0.717) is 6.42 Å². The molecule has 0 saturated carbocycles. The minimum atomic E-state index is -0.864. The maximum absolute atomic E-state index is 12.5. The number of ketones is 1. The monoisotopic (exact) mass is 413 g/mol. The van der Waals surface area contributed by atoms with Gasteiger partial charge in [0, 0.05) is 20.1 Å². The van der Waals surface area contributed by atoms with Crippen LogP contribution < -0.4 is 21.5 Å². The molecule has 0 bridgehead atoms. The number of nitrogens with zero attached hydrogens (tertiary/aromatic N) is 1. The molecule has 0 aromatic heterocycles. The summed E-state index contributed by atoms with van der Waals surface area (Å²) in [6.45, 7) is 2.00. The van der Waals surface area contributed by atoms with Gasteiger partial charge >= 0.3 is 0 Å². The first kappa shape index (κ1) is 20.9. The third-order valence-corrected chi connectivity index (χ3v) is 5.89. The van der Waals surface area contributed by atoms with Crippen LogP contribution >= 0.6 is 11.8 Å². The van der Waals surface area contributed by atoms with Gasteiger partial charge in [0.1, 0.15) is 11.4 Å². The van der Waals surface area contributed by atoms with Crippen LogP contribution in [-0.4, -0.2) is 42.0 Å². The van der Waals surface area contributed by atoms with Crippen molar-refractivity contribution in [2.75, 3.05) is 24.7 Å². The smallest absolute Gasteiger partial charge is 0.253 e. The average Bonchev–Trinajstić information content (AvgIpc) is 3.09. The van der Waals surface area contributed by atoms with Crippen molar-refractivity contribution in [2.45, 2.75) is 31.1 Å². The first-order valence-corrected chi connectivity index (χ1v) is 10.3. The highest BCUT2D eigenvalue weighted by atomic mass is 32.2. The standard InChI is InChI=1S/C21H23N3O4S/c1-4-13(10-12-8-6-5-7-9-12)22-15-16(19(27)18(15)26)23-14-11-29-20(17(14)25)21(28)24(2)3/h5-9,11,13,20,22-23H,4,10H2,1-3H3/t13-,20?/m0/s1. The first-order chi connectivity index (χ1) is 13.8. The van der Waals surface area contributed by atoms with E-state index in [2.05, 4.69) is 10.6 Å². The largest absolute Gasteiger partial charge is 0.377 e. The Labute approximate surface area is 172 Å². The molecule has 1 amide bonds. The molecule has 7 nitrogen and oxygen atoms in total. The Hall–Kier alpha value is -2.87. The summed E-state index contributed by atoms with van der Waals surface area (Å²) in [5, 5.41) is 6.59. The number of benzene rings is 1. The second kappa shape index (κ2) is 8.65. The van der Waals surface area contributed by atoms with Crippen LogP contribution in [0.25, 0.3) is 0 Å². The molecular formula is C21H23N3O4S. The van der Waals surface area contributed by atoms with E-state index in [0.717, 1.165) is 23.7 Å². The van der Waals surface area contributed by atoms with Crippen LogP contribution in [0, 0.1) is 0 Å². The van der Waals surface area contributed by atoms with Gasteiger partial charge in [-0.3, -0.25) is 19.2 Å². The summed E-state index contributed by atoms with van der Waals surface area (Å²) in [4.78, 5) is 50.1. The second-order valence-electron chi connectivity index (χ2n) is 7.12. The fourth-order valence-corrected chi connectivity index (χ4v) is 4.10. The molecule has 2 N–H and O–H groups in total. The Balaban J connectivity index is 1.72. The van der Waals surface area contributed by atoms with Crippen molar-refractivity contribution in [3.05, 3.63) is 67.4 Å². The number of nitrogens with one attached hydrogen (secondary N) is 2. The lowest BCUT2D eigenvalue weighted by Crippen LogP contribution is -2.41. The summed E-state index contributed by atoms with van der Waals surface area (Å²) in [5.74, 6) is -0.714. The molecule has 1 aliphatic rings. The van der Waals surface area contributed by atoms with Crippen LogP contribution in [0.1, 0.15) is 18.9 Å².